The molecule has 2 aromatic carbocycles. The molecule has 0 fully saturated rings. The van der Waals surface area contributed by atoms with E-state index in [1.54, 1.807) is 26.2 Å². The zero-order valence-electron chi connectivity index (χ0n) is 14.9. The van der Waals surface area contributed by atoms with E-state index in [0.29, 0.717) is 37.1 Å². The molecule has 138 valence electrons. The molecule has 0 unspecified atom stereocenters. The van der Waals surface area contributed by atoms with Crippen molar-refractivity contribution in [1.29, 1.82) is 0 Å². The van der Waals surface area contributed by atoms with Crippen molar-refractivity contribution in [2.24, 2.45) is 0 Å². The van der Waals surface area contributed by atoms with E-state index >= 15 is 0 Å². The summed E-state index contributed by atoms with van der Waals surface area (Å²) in [6.07, 6.45) is 1.39. The predicted octanol–water partition coefficient (Wildman–Crippen LogP) is 3.59. The summed E-state index contributed by atoms with van der Waals surface area (Å²) in [6.45, 7) is 0.995. The van der Waals surface area contributed by atoms with Crippen molar-refractivity contribution in [2.45, 2.75) is 12.8 Å². The molecule has 2 amide bonds. The van der Waals surface area contributed by atoms with Gasteiger partial charge in [-0.05, 0) is 49.2 Å². The first-order valence-electron chi connectivity index (χ1n) is 8.40. The molecule has 0 aromatic heterocycles. The molecule has 26 heavy (non-hydrogen) atoms. The van der Waals surface area contributed by atoms with E-state index in [4.69, 9.17) is 0 Å². The number of amides is 2. The SMILES string of the molecule is CN(CCCCN(C)C(=O)c1cccc(F)c1)C(=O)c1cccc(F)c1. The maximum Gasteiger partial charge on any atom is 0.253 e. The molecule has 0 N–H and O–H groups in total. The van der Waals surface area contributed by atoms with Crippen LogP contribution in [0.1, 0.15) is 33.6 Å². The van der Waals surface area contributed by atoms with Crippen molar-refractivity contribution in [2.75, 3.05) is 27.2 Å². The minimum absolute atomic E-state index is 0.242. The molecule has 0 saturated carbocycles. The first-order chi connectivity index (χ1) is 12.4. The second-order valence-electron chi connectivity index (χ2n) is 6.18. The molecule has 0 saturated heterocycles. The molecule has 0 bridgehead atoms. The van der Waals surface area contributed by atoms with Gasteiger partial charge in [0.25, 0.3) is 11.8 Å². The first kappa shape index (κ1) is 19.6. The Bertz CT molecular complexity index is 714. The molecule has 2 aromatic rings. The Labute approximate surface area is 152 Å². The number of halogens is 2. The largest absolute Gasteiger partial charge is 0.342 e. The van der Waals surface area contributed by atoms with Gasteiger partial charge in [0.05, 0.1) is 0 Å². The van der Waals surface area contributed by atoms with Crippen molar-refractivity contribution < 1.29 is 18.4 Å². The van der Waals surface area contributed by atoms with Crippen molar-refractivity contribution in [3.8, 4) is 0 Å². The lowest BCUT2D eigenvalue weighted by molar-refractivity contribution is 0.0766. The minimum atomic E-state index is -0.443. The Morgan fingerprint density at radius 1 is 0.769 bits per heavy atom. The zero-order valence-corrected chi connectivity index (χ0v) is 14.9. The van der Waals surface area contributed by atoms with Gasteiger partial charge < -0.3 is 9.80 Å². The van der Waals surface area contributed by atoms with Crippen molar-refractivity contribution in [1.82, 2.24) is 9.80 Å². The van der Waals surface area contributed by atoms with E-state index in [1.165, 1.54) is 46.2 Å². The molecule has 0 heterocycles. The maximum atomic E-state index is 13.2. The van der Waals surface area contributed by atoms with E-state index in [2.05, 4.69) is 0 Å². The van der Waals surface area contributed by atoms with Crippen LogP contribution in [0.5, 0.6) is 0 Å². The Kier molecular flexibility index (Phi) is 6.83. The highest BCUT2D eigenvalue weighted by Crippen LogP contribution is 2.09. The smallest absolute Gasteiger partial charge is 0.253 e. The normalized spacial score (nSPS) is 10.5. The van der Waals surface area contributed by atoms with E-state index in [-0.39, 0.29) is 11.8 Å². The lowest BCUT2D eigenvalue weighted by atomic mass is 10.1. The van der Waals surface area contributed by atoms with Gasteiger partial charge in [-0.1, -0.05) is 12.1 Å². The fraction of sp³-hybridized carbons (Fsp3) is 0.300. The van der Waals surface area contributed by atoms with Crippen LogP contribution in [0.3, 0.4) is 0 Å². The van der Waals surface area contributed by atoms with Gasteiger partial charge in [-0.2, -0.15) is 0 Å². The van der Waals surface area contributed by atoms with Gasteiger partial charge in [0.15, 0.2) is 0 Å². The molecule has 0 spiro atoms. The lowest BCUT2D eigenvalue weighted by Crippen LogP contribution is -2.30. The molecule has 0 aliphatic carbocycles. The topological polar surface area (TPSA) is 40.6 Å². The molecule has 0 radical (unpaired) electrons. The monoisotopic (exact) mass is 360 g/mol. The number of rotatable bonds is 7. The first-order valence-corrected chi connectivity index (χ1v) is 8.40. The summed E-state index contributed by atoms with van der Waals surface area (Å²) in [5.74, 6) is -1.37. The van der Waals surface area contributed by atoms with E-state index < -0.39 is 11.6 Å². The average Bonchev–Trinajstić information content (AvgIpc) is 2.63. The Balaban J connectivity index is 1.77. The Morgan fingerprint density at radius 2 is 1.15 bits per heavy atom. The summed E-state index contributed by atoms with van der Waals surface area (Å²) < 4.78 is 26.4. The second kappa shape index (κ2) is 9.08. The third-order valence-corrected chi connectivity index (χ3v) is 4.07. The van der Waals surface area contributed by atoms with Gasteiger partial charge in [-0.15, -0.1) is 0 Å². The van der Waals surface area contributed by atoms with Crippen molar-refractivity contribution >= 4 is 11.8 Å². The molecular weight excluding hydrogens is 338 g/mol. The van der Waals surface area contributed by atoms with Gasteiger partial charge in [0, 0.05) is 38.3 Å². The van der Waals surface area contributed by atoms with Gasteiger partial charge >= 0.3 is 0 Å². The fourth-order valence-corrected chi connectivity index (χ4v) is 2.58. The third-order valence-electron chi connectivity index (χ3n) is 4.07. The highest BCUT2D eigenvalue weighted by molar-refractivity contribution is 5.94. The van der Waals surface area contributed by atoms with Gasteiger partial charge in [-0.25, -0.2) is 8.78 Å². The fourth-order valence-electron chi connectivity index (χ4n) is 2.58. The van der Waals surface area contributed by atoms with Crippen LogP contribution in [-0.4, -0.2) is 48.8 Å². The van der Waals surface area contributed by atoms with Gasteiger partial charge in [-0.3, -0.25) is 9.59 Å². The molecule has 6 heteroatoms. The summed E-state index contributed by atoms with van der Waals surface area (Å²) in [6, 6.07) is 11.2. The van der Waals surface area contributed by atoms with Crippen molar-refractivity contribution in [3.63, 3.8) is 0 Å². The van der Waals surface area contributed by atoms with Crippen LogP contribution < -0.4 is 0 Å². The summed E-state index contributed by atoms with van der Waals surface area (Å²) in [4.78, 5) is 27.5. The highest BCUT2D eigenvalue weighted by atomic mass is 19.1. The van der Waals surface area contributed by atoms with Crippen LogP contribution in [0.4, 0.5) is 8.78 Å². The van der Waals surface area contributed by atoms with E-state index in [0.717, 1.165) is 0 Å². The third kappa shape index (κ3) is 5.37. The van der Waals surface area contributed by atoms with Gasteiger partial charge in [0.1, 0.15) is 11.6 Å². The number of nitrogens with zero attached hydrogens (tertiary/aromatic N) is 2. The number of hydrogen-bond acceptors (Lipinski definition) is 2. The van der Waals surface area contributed by atoms with Crippen LogP contribution in [0.15, 0.2) is 48.5 Å². The number of benzene rings is 2. The molecule has 2 rings (SSSR count). The van der Waals surface area contributed by atoms with Crippen LogP contribution >= 0.6 is 0 Å². The number of carbonyl (C=O) groups excluding carboxylic acids is 2. The number of hydrogen-bond donors (Lipinski definition) is 0. The minimum Gasteiger partial charge on any atom is -0.342 e. The summed E-state index contributed by atoms with van der Waals surface area (Å²) >= 11 is 0. The van der Waals surface area contributed by atoms with E-state index in [9.17, 15) is 18.4 Å². The van der Waals surface area contributed by atoms with Crippen LogP contribution in [0.2, 0.25) is 0 Å². The molecule has 4 nitrogen and oxygen atoms in total. The number of unbranched alkanes of at least 4 members (excludes halogenated alkanes) is 1. The van der Waals surface area contributed by atoms with E-state index in [1.807, 2.05) is 0 Å². The van der Waals surface area contributed by atoms with Crippen molar-refractivity contribution in [3.05, 3.63) is 71.3 Å². The molecule has 0 aliphatic rings. The summed E-state index contributed by atoms with van der Waals surface area (Å²) in [5, 5.41) is 0. The summed E-state index contributed by atoms with van der Waals surface area (Å²) in [5.41, 5.74) is 0.622. The summed E-state index contributed by atoms with van der Waals surface area (Å²) in [7, 11) is 3.32. The molecule has 0 atom stereocenters. The Hall–Kier alpha value is -2.76. The quantitative estimate of drug-likeness (QED) is 0.708. The highest BCUT2D eigenvalue weighted by Gasteiger charge is 2.14. The second-order valence-corrected chi connectivity index (χ2v) is 6.18. The predicted molar refractivity (Wildman–Crippen MR) is 96.0 cm³/mol. The van der Waals surface area contributed by atoms with Crippen LogP contribution in [0.25, 0.3) is 0 Å². The van der Waals surface area contributed by atoms with Gasteiger partial charge in [0.2, 0.25) is 0 Å². The molecular formula is C20H22F2N2O2. The lowest BCUT2D eigenvalue weighted by Gasteiger charge is -2.20. The van der Waals surface area contributed by atoms with Crippen LogP contribution in [-0.2, 0) is 0 Å². The average molecular weight is 360 g/mol. The Morgan fingerprint density at radius 3 is 1.50 bits per heavy atom. The zero-order chi connectivity index (χ0) is 19.1. The standard InChI is InChI=1S/C20H22F2N2O2/c1-23(19(25)15-7-5-9-17(21)13-15)11-3-4-12-24(2)20(26)16-8-6-10-18(22)14-16/h5-10,13-14H,3-4,11-12H2,1-2H3. The number of carbonyl (C=O) groups is 2. The molecule has 0 aliphatic heterocycles. The maximum absolute atomic E-state index is 13.2. The van der Waals surface area contributed by atoms with Crippen LogP contribution in [0, 0.1) is 11.6 Å².